The van der Waals surface area contributed by atoms with Crippen molar-refractivity contribution >= 4 is 17.8 Å². The van der Waals surface area contributed by atoms with E-state index in [9.17, 15) is 19.5 Å². The Labute approximate surface area is 161 Å². The summed E-state index contributed by atoms with van der Waals surface area (Å²) in [7, 11) is 0. The highest BCUT2D eigenvalue weighted by Crippen LogP contribution is 2.32. The monoisotopic (exact) mass is 384 g/mol. The van der Waals surface area contributed by atoms with Gasteiger partial charge in [-0.05, 0) is 30.7 Å². The first kappa shape index (κ1) is 19.2. The zero-order valence-electron chi connectivity index (χ0n) is 15.2. The van der Waals surface area contributed by atoms with E-state index < -0.39 is 29.7 Å². The molecule has 2 aromatic carbocycles. The smallest absolute Gasteiger partial charge is 0.308 e. The Kier molecular flexibility index (Phi) is 5.78. The number of carboxylic acids is 1. The Morgan fingerprint density at radius 2 is 1.79 bits per heavy atom. The molecule has 2 atom stereocenters. The first-order valence-corrected chi connectivity index (χ1v) is 8.70. The maximum Gasteiger partial charge on any atom is 0.308 e. The van der Waals surface area contributed by atoms with Gasteiger partial charge in [0.2, 0.25) is 12.7 Å². The molecule has 146 valence electrons. The van der Waals surface area contributed by atoms with Crippen LogP contribution < -0.4 is 20.1 Å². The first-order valence-electron chi connectivity index (χ1n) is 8.70. The summed E-state index contributed by atoms with van der Waals surface area (Å²) in [5.74, 6) is -1.78. The third-order valence-corrected chi connectivity index (χ3v) is 4.41. The molecule has 1 aliphatic rings. The molecule has 2 aromatic rings. The molecular formula is C20H20N2O6. The summed E-state index contributed by atoms with van der Waals surface area (Å²) in [5, 5.41) is 14.5. The maximum absolute atomic E-state index is 12.3. The van der Waals surface area contributed by atoms with Crippen LogP contribution in [0.4, 0.5) is 0 Å². The number of carbonyl (C=O) groups is 3. The molecule has 0 spiro atoms. The van der Waals surface area contributed by atoms with Gasteiger partial charge in [-0.1, -0.05) is 30.3 Å². The SMILES string of the molecule is CC(C(=O)O)C(NC(=O)CNC(=O)c1ccc2c(c1)OCO2)c1ccccc1. The van der Waals surface area contributed by atoms with Gasteiger partial charge in [-0.25, -0.2) is 0 Å². The fraction of sp³-hybridized carbons (Fsp3) is 0.250. The van der Waals surface area contributed by atoms with Crippen molar-refractivity contribution in [2.75, 3.05) is 13.3 Å². The number of fused-ring (bicyclic) bond motifs is 1. The van der Waals surface area contributed by atoms with Crippen LogP contribution in [0.2, 0.25) is 0 Å². The molecule has 1 heterocycles. The zero-order valence-corrected chi connectivity index (χ0v) is 15.2. The normalized spacial score (nSPS) is 14.0. The molecule has 0 saturated carbocycles. The molecule has 0 fully saturated rings. The Morgan fingerprint density at radius 1 is 1.07 bits per heavy atom. The molecule has 2 amide bonds. The minimum Gasteiger partial charge on any atom is -0.481 e. The molecule has 0 bridgehead atoms. The molecular weight excluding hydrogens is 364 g/mol. The Hall–Kier alpha value is -3.55. The molecule has 1 aliphatic heterocycles. The standard InChI is InChI=1S/C20H20N2O6/c1-12(20(25)26)18(13-5-3-2-4-6-13)22-17(23)10-21-19(24)14-7-8-15-16(9-14)28-11-27-15/h2-9,12,18H,10-11H2,1H3,(H,21,24)(H,22,23)(H,25,26). The summed E-state index contributed by atoms with van der Waals surface area (Å²) < 4.78 is 10.4. The second kappa shape index (κ2) is 8.43. The van der Waals surface area contributed by atoms with Gasteiger partial charge in [-0.2, -0.15) is 0 Å². The van der Waals surface area contributed by atoms with Crippen molar-refractivity contribution in [2.24, 2.45) is 5.92 Å². The fourth-order valence-corrected chi connectivity index (χ4v) is 2.82. The van der Waals surface area contributed by atoms with E-state index in [0.717, 1.165) is 0 Å². The summed E-state index contributed by atoms with van der Waals surface area (Å²) >= 11 is 0. The van der Waals surface area contributed by atoms with Gasteiger partial charge in [0.05, 0.1) is 18.5 Å². The summed E-state index contributed by atoms with van der Waals surface area (Å²) in [6, 6.07) is 12.8. The molecule has 8 nitrogen and oxygen atoms in total. The van der Waals surface area contributed by atoms with Crippen LogP contribution in [0.25, 0.3) is 0 Å². The maximum atomic E-state index is 12.3. The van der Waals surface area contributed by atoms with Crippen molar-refractivity contribution in [1.29, 1.82) is 0 Å². The molecule has 2 unspecified atom stereocenters. The summed E-state index contributed by atoms with van der Waals surface area (Å²) in [6.45, 7) is 1.33. The van der Waals surface area contributed by atoms with Crippen molar-refractivity contribution in [3.63, 3.8) is 0 Å². The Morgan fingerprint density at radius 3 is 2.50 bits per heavy atom. The van der Waals surface area contributed by atoms with Gasteiger partial charge >= 0.3 is 5.97 Å². The third kappa shape index (κ3) is 4.40. The van der Waals surface area contributed by atoms with Crippen molar-refractivity contribution in [3.8, 4) is 11.5 Å². The molecule has 0 saturated heterocycles. The van der Waals surface area contributed by atoms with E-state index in [2.05, 4.69) is 10.6 Å². The number of ether oxygens (including phenoxy) is 2. The van der Waals surface area contributed by atoms with Crippen LogP contribution in [0.15, 0.2) is 48.5 Å². The van der Waals surface area contributed by atoms with Crippen molar-refractivity contribution in [1.82, 2.24) is 10.6 Å². The van der Waals surface area contributed by atoms with Gasteiger partial charge < -0.3 is 25.2 Å². The van der Waals surface area contributed by atoms with Crippen molar-refractivity contribution < 1.29 is 29.0 Å². The van der Waals surface area contributed by atoms with Gasteiger partial charge in [0, 0.05) is 5.56 Å². The number of carbonyl (C=O) groups excluding carboxylic acids is 2. The van der Waals surface area contributed by atoms with E-state index in [1.807, 2.05) is 0 Å². The Bertz CT molecular complexity index is 884. The minimum absolute atomic E-state index is 0.103. The fourth-order valence-electron chi connectivity index (χ4n) is 2.82. The molecule has 28 heavy (non-hydrogen) atoms. The van der Waals surface area contributed by atoms with Crippen LogP contribution in [0.5, 0.6) is 11.5 Å². The van der Waals surface area contributed by atoms with Crippen LogP contribution in [0, 0.1) is 5.92 Å². The second-order valence-corrected chi connectivity index (χ2v) is 6.33. The summed E-state index contributed by atoms with van der Waals surface area (Å²) in [4.78, 5) is 36.0. The number of rotatable bonds is 7. The van der Waals surface area contributed by atoms with Gasteiger partial charge in [-0.3, -0.25) is 14.4 Å². The molecule has 0 aromatic heterocycles. The lowest BCUT2D eigenvalue weighted by atomic mass is 9.94. The number of amides is 2. The molecule has 0 aliphatic carbocycles. The van der Waals surface area contributed by atoms with Crippen molar-refractivity contribution in [3.05, 3.63) is 59.7 Å². The number of carboxylic acid groups (broad SMARTS) is 1. The van der Waals surface area contributed by atoms with Gasteiger partial charge in [0.25, 0.3) is 5.91 Å². The number of benzene rings is 2. The predicted octanol–water partition coefficient (Wildman–Crippen LogP) is 1.72. The highest BCUT2D eigenvalue weighted by atomic mass is 16.7. The van der Waals surface area contributed by atoms with Crippen LogP contribution >= 0.6 is 0 Å². The van der Waals surface area contributed by atoms with Gasteiger partial charge in [-0.15, -0.1) is 0 Å². The lowest BCUT2D eigenvalue weighted by molar-refractivity contribution is -0.142. The lowest BCUT2D eigenvalue weighted by Crippen LogP contribution is -2.41. The van der Waals surface area contributed by atoms with E-state index in [1.165, 1.54) is 13.0 Å². The van der Waals surface area contributed by atoms with Crippen LogP contribution in [0.3, 0.4) is 0 Å². The minimum atomic E-state index is -1.03. The predicted molar refractivity (Wildman–Crippen MR) is 99.0 cm³/mol. The molecule has 3 rings (SSSR count). The van der Waals surface area contributed by atoms with E-state index in [0.29, 0.717) is 22.6 Å². The highest BCUT2D eigenvalue weighted by Gasteiger charge is 2.27. The van der Waals surface area contributed by atoms with Crippen LogP contribution in [0.1, 0.15) is 28.9 Å². The summed E-state index contributed by atoms with van der Waals surface area (Å²) in [6.07, 6.45) is 0. The lowest BCUT2D eigenvalue weighted by Gasteiger charge is -2.23. The Balaban J connectivity index is 1.61. The highest BCUT2D eigenvalue weighted by molar-refractivity contribution is 5.97. The third-order valence-electron chi connectivity index (χ3n) is 4.41. The average molecular weight is 384 g/mol. The molecule has 8 heteroatoms. The van der Waals surface area contributed by atoms with E-state index >= 15 is 0 Å². The quantitative estimate of drug-likeness (QED) is 0.670. The second-order valence-electron chi connectivity index (χ2n) is 6.33. The largest absolute Gasteiger partial charge is 0.481 e. The topological polar surface area (TPSA) is 114 Å². The molecule has 0 radical (unpaired) electrons. The van der Waals surface area contributed by atoms with E-state index in [-0.39, 0.29) is 13.3 Å². The van der Waals surface area contributed by atoms with Crippen LogP contribution in [-0.2, 0) is 9.59 Å². The first-order chi connectivity index (χ1) is 13.5. The van der Waals surface area contributed by atoms with Crippen LogP contribution in [-0.4, -0.2) is 36.2 Å². The number of hydrogen-bond acceptors (Lipinski definition) is 5. The number of nitrogens with one attached hydrogen (secondary N) is 2. The summed E-state index contributed by atoms with van der Waals surface area (Å²) in [5.41, 5.74) is 1.00. The van der Waals surface area contributed by atoms with Crippen molar-refractivity contribution in [2.45, 2.75) is 13.0 Å². The average Bonchev–Trinajstić information content (AvgIpc) is 3.18. The molecule has 3 N–H and O–H groups in total. The van der Waals surface area contributed by atoms with Gasteiger partial charge in [0.1, 0.15) is 0 Å². The van der Waals surface area contributed by atoms with E-state index in [1.54, 1.807) is 42.5 Å². The zero-order chi connectivity index (χ0) is 20.1. The van der Waals surface area contributed by atoms with E-state index in [4.69, 9.17) is 9.47 Å². The van der Waals surface area contributed by atoms with Gasteiger partial charge in [0.15, 0.2) is 11.5 Å². The number of hydrogen-bond donors (Lipinski definition) is 3. The number of aliphatic carboxylic acids is 1.